The quantitative estimate of drug-likeness (QED) is 0.943. The fourth-order valence-electron chi connectivity index (χ4n) is 2.89. The Labute approximate surface area is 123 Å². The average molecular weight is 284 g/mol. The molecule has 0 saturated carbocycles. The van der Waals surface area contributed by atoms with E-state index in [1.807, 2.05) is 18.5 Å². The van der Waals surface area contributed by atoms with Crippen molar-refractivity contribution in [2.75, 3.05) is 13.1 Å². The van der Waals surface area contributed by atoms with Gasteiger partial charge in [-0.1, -0.05) is 6.07 Å². The van der Waals surface area contributed by atoms with Crippen LogP contribution in [0.1, 0.15) is 35.4 Å². The molecule has 0 spiro atoms. The number of benzene rings is 1. The van der Waals surface area contributed by atoms with Gasteiger partial charge in [0.25, 0.3) is 0 Å². The molecule has 0 atom stereocenters. The molecular weight excluding hydrogens is 267 g/mol. The first-order chi connectivity index (χ1) is 10.3. The van der Waals surface area contributed by atoms with Crippen molar-refractivity contribution >= 4 is 0 Å². The second-order valence-electron chi connectivity index (χ2n) is 5.50. The molecule has 5 heteroatoms. The number of piperidine rings is 1. The maximum absolute atomic E-state index is 13.9. The lowest BCUT2D eigenvalue weighted by Crippen LogP contribution is -2.32. The molecule has 1 aliphatic rings. The number of likely N-dealkylation sites (tertiary alicyclic amines) is 1. The minimum atomic E-state index is -0.286. The summed E-state index contributed by atoms with van der Waals surface area (Å²) >= 11 is 0. The van der Waals surface area contributed by atoms with Gasteiger partial charge in [-0.25, -0.2) is 4.39 Å². The van der Waals surface area contributed by atoms with E-state index in [1.54, 1.807) is 12.1 Å². The Morgan fingerprint density at radius 1 is 1.38 bits per heavy atom. The Kier molecular flexibility index (Phi) is 3.98. The first-order valence-electron chi connectivity index (χ1n) is 7.16. The minimum absolute atomic E-state index is 0.286. The number of halogens is 1. The van der Waals surface area contributed by atoms with Crippen molar-refractivity contribution in [1.82, 2.24) is 15.1 Å². The lowest BCUT2D eigenvalue weighted by Gasteiger charge is -2.31. The summed E-state index contributed by atoms with van der Waals surface area (Å²) in [6, 6.07) is 6.67. The predicted octanol–water partition coefficient (Wildman–Crippen LogP) is 2.80. The molecule has 1 aromatic carbocycles. The van der Waals surface area contributed by atoms with Crippen LogP contribution in [-0.4, -0.2) is 28.2 Å². The summed E-state index contributed by atoms with van der Waals surface area (Å²) < 4.78 is 13.9. The maximum Gasteiger partial charge on any atom is 0.129 e. The van der Waals surface area contributed by atoms with Gasteiger partial charge in [0.05, 0.1) is 17.8 Å². The summed E-state index contributed by atoms with van der Waals surface area (Å²) in [6.07, 6.45) is 5.98. The van der Waals surface area contributed by atoms with Crippen molar-refractivity contribution in [3.8, 4) is 6.07 Å². The maximum atomic E-state index is 13.9. The van der Waals surface area contributed by atoms with E-state index in [-0.39, 0.29) is 5.82 Å². The minimum Gasteiger partial charge on any atom is -0.299 e. The summed E-state index contributed by atoms with van der Waals surface area (Å²) in [5.74, 6) is 0.261. The zero-order valence-electron chi connectivity index (χ0n) is 11.7. The molecule has 0 aliphatic carbocycles. The summed E-state index contributed by atoms with van der Waals surface area (Å²) in [6.45, 7) is 2.51. The Hall–Kier alpha value is -2.19. The van der Waals surface area contributed by atoms with Crippen LogP contribution in [0, 0.1) is 17.1 Å². The number of aromatic nitrogens is 2. The molecule has 0 amide bonds. The smallest absolute Gasteiger partial charge is 0.129 e. The van der Waals surface area contributed by atoms with Gasteiger partial charge in [0.1, 0.15) is 5.82 Å². The van der Waals surface area contributed by atoms with Crippen molar-refractivity contribution in [3.05, 3.63) is 53.1 Å². The summed E-state index contributed by atoms with van der Waals surface area (Å²) in [5, 5.41) is 15.6. The molecule has 4 nitrogen and oxygen atoms in total. The number of H-pyrrole nitrogens is 1. The molecular formula is C16H17FN4. The third-order valence-corrected chi connectivity index (χ3v) is 4.15. The molecule has 2 aromatic rings. The normalized spacial score (nSPS) is 16.8. The highest BCUT2D eigenvalue weighted by molar-refractivity contribution is 5.32. The van der Waals surface area contributed by atoms with E-state index < -0.39 is 0 Å². The topological polar surface area (TPSA) is 55.7 Å². The van der Waals surface area contributed by atoms with Crippen molar-refractivity contribution < 1.29 is 4.39 Å². The van der Waals surface area contributed by atoms with Crippen molar-refractivity contribution in [3.63, 3.8) is 0 Å². The van der Waals surface area contributed by atoms with Crippen LogP contribution in [0.3, 0.4) is 0 Å². The van der Waals surface area contributed by atoms with E-state index in [4.69, 9.17) is 5.26 Å². The van der Waals surface area contributed by atoms with Gasteiger partial charge in [0.15, 0.2) is 0 Å². The number of nitrogens with zero attached hydrogens (tertiary/aromatic N) is 3. The van der Waals surface area contributed by atoms with E-state index in [2.05, 4.69) is 15.1 Å². The van der Waals surface area contributed by atoms with Crippen LogP contribution in [0.4, 0.5) is 4.39 Å². The van der Waals surface area contributed by atoms with Gasteiger partial charge >= 0.3 is 0 Å². The molecule has 2 heterocycles. The molecule has 3 rings (SSSR count). The SMILES string of the molecule is N#Cc1ccc(CN2CCC(c3cn[nH]c3)CC2)c(F)c1. The second-order valence-corrected chi connectivity index (χ2v) is 5.50. The van der Waals surface area contributed by atoms with Crippen molar-refractivity contribution in [2.24, 2.45) is 0 Å². The highest BCUT2D eigenvalue weighted by Gasteiger charge is 2.21. The number of aromatic amines is 1. The molecule has 1 aliphatic heterocycles. The third kappa shape index (κ3) is 3.11. The van der Waals surface area contributed by atoms with Gasteiger partial charge < -0.3 is 0 Å². The van der Waals surface area contributed by atoms with Crippen LogP contribution < -0.4 is 0 Å². The van der Waals surface area contributed by atoms with Crippen LogP contribution in [0.2, 0.25) is 0 Å². The van der Waals surface area contributed by atoms with Gasteiger partial charge in [-0.05, 0) is 49.5 Å². The average Bonchev–Trinajstić information content (AvgIpc) is 3.04. The number of nitrogens with one attached hydrogen (secondary N) is 1. The highest BCUT2D eigenvalue weighted by Crippen LogP contribution is 2.28. The first kappa shape index (κ1) is 13.8. The third-order valence-electron chi connectivity index (χ3n) is 4.15. The Balaban J connectivity index is 1.59. The molecule has 21 heavy (non-hydrogen) atoms. The van der Waals surface area contributed by atoms with Crippen LogP contribution in [0.25, 0.3) is 0 Å². The van der Waals surface area contributed by atoms with E-state index in [0.29, 0.717) is 23.6 Å². The van der Waals surface area contributed by atoms with Crippen LogP contribution in [0.5, 0.6) is 0 Å². The molecule has 0 unspecified atom stereocenters. The van der Waals surface area contributed by atoms with Crippen LogP contribution in [0.15, 0.2) is 30.6 Å². The van der Waals surface area contributed by atoms with E-state index in [9.17, 15) is 4.39 Å². The van der Waals surface area contributed by atoms with Crippen LogP contribution >= 0.6 is 0 Å². The van der Waals surface area contributed by atoms with Crippen LogP contribution in [-0.2, 0) is 6.54 Å². The molecule has 1 aromatic heterocycles. The van der Waals surface area contributed by atoms with Gasteiger partial charge in [-0.15, -0.1) is 0 Å². The van der Waals surface area contributed by atoms with Gasteiger partial charge in [0.2, 0.25) is 0 Å². The van der Waals surface area contributed by atoms with E-state index >= 15 is 0 Å². The van der Waals surface area contributed by atoms with Crippen molar-refractivity contribution in [2.45, 2.75) is 25.3 Å². The number of nitriles is 1. The van der Waals surface area contributed by atoms with E-state index in [1.165, 1.54) is 11.6 Å². The highest BCUT2D eigenvalue weighted by atomic mass is 19.1. The lowest BCUT2D eigenvalue weighted by molar-refractivity contribution is 0.202. The molecule has 0 radical (unpaired) electrons. The fraction of sp³-hybridized carbons (Fsp3) is 0.375. The standard InChI is InChI=1S/C16H17FN4/c17-16-7-12(8-18)1-2-14(16)11-21-5-3-13(4-6-21)15-9-19-20-10-15/h1-2,7,9-10,13H,3-6,11H2,(H,19,20). The summed E-state index contributed by atoms with van der Waals surface area (Å²) in [4.78, 5) is 2.26. The van der Waals surface area contributed by atoms with E-state index in [0.717, 1.165) is 25.9 Å². The number of hydrogen-bond donors (Lipinski definition) is 1. The largest absolute Gasteiger partial charge is 0.299 e. The Bertz CT molecular complexity index is 637. The zero-order valence-corrected chi connectivity index (χ0v) is 11.7. The molecule has 1 N–H and O–H groups in total. The second kappa shape index (κ2) is 6.06. The van der Waals surface area contributed by atoms with Gasteiger partial charge in [-0.2, -0.15) is 10.4 Å². The van der Waals surface area contributed by atoms with Gasteiger partial charge in [0, 0.05) is 18.3 Å². The number of hydrogen-bond acceptors (Lipinski definition) is 3. The summed E-state index contributed by atoms with van der Waals surface area (Å²) in [7, 11) is 0. The molecule has 0 bridgehead atoms. The molecule has 108 valence electrons. The molecule has 1 fully saturated rings. The number of rotatable bonds is 3. The van der Waals surface area contributed by atoms with Crippen molar-refractivity contribution in [1.29, 1.82) is 5.26 Å². The lowest BCUT2D eigenvalue weighted by atomic mass is 9.91. The predicted molar refractivity (Wildman–Crippen MR) is 77.0 cm³/mol. The Morgan fingerprint density at radius 2 is 2.19 bits per heavy atom. The Morgan fingerprint density at radius 3 is 2.81 bits per heavy atom. The van der Waals surface area contributed by atoms with Gasteiger partial charge in [-0.3, -0.25) is 10.00 Å². The monoisotopic (exact) mass is 284 g/mol. The fourth-order valence-corrected chi connectivity index (χ4v) is 2.89. The first-order valence-corrected chi connectivity index (χ1v) is 7.16. The summed E-state index contributed by atoms with van der Waals surface area (Å²) in [5.41, 5.74) is 2.30. The molecule has 1 saturated heterocycles. The zero-order chi connectivity index (χ0) is 14.7.